The monoisotopic (exact) mass is 360 g/mol. The van der Waals surface area contributed by atoms with Crippen LogP contribution in [0.15, 0.2) is 72.9 Å². The summed E-state index contributed by atoms with van der Waals surface area (Å²) in [5.74, 6) is -0.139. The molecule has 0 fully saturated rings. The lowest BCUT2D eigenvalue weighted by atomic mass is 10.0. The third-order valence-electron chi connectivity index (χ3n) is 4.31. The molecule has 0 saturated heterocycles. The number of amides is 1. The number of aromatic nitrogens is 1. The quantitative estimate of drug-likeness (QED) is 0.426. The highest BCUT2D eigenvalue weighted by atomic mass is 19.1. The standard InChI is InChI=1S/C22H17FN2O2/c23-16-6-3-7-17(14-16)27-12-11-25-22(26)20-13-15-5-1-2-8-18(15)19-9-4-10-24-21(19)20/h1-10,13-14H,11-12H2,(H,25,26). The molecule has 1 amide bonds. The van der Waals surface area contributed by atoms with Crippen LogP contribution in [0.4, 0.5) is 4.39 Å². The fourth-order valence-corrected chi connectivity index (χ4v) is 3.09. The number of halogens is 1. The zero-order chi connectivity index (χ0) is 18.6. The summed E-state index contributed by atoms with van der Waals surface area (Å²) >= 11 is 0. The normalized spacial score (nSPS) is 10.9. The Morgan fingerprint density at radius 1 is 1.00 bits per heavy atom. The molecule has 134 valence electrons. The third-order valence-corrected chi connectivity index (χ3v) is 4.31. The maximum absolute atomic E-state index is 13.1. The van der Waals surface area contributed by atoms with E-state index in [-0.39, 0.29) is 18.3 Å². The summed E-state index contributed by atoms with van der Waals surface area (Å²) in [5, 5.41) is 5.83. The SMILES string of the molecule is O=C(NCCOc1cccc(F)c1)c1cc2ccccc2c2cccnc12. The van der Waals surface area contributed by atoms with Crippen LogP contribution >= 0.6 is 0 Å². The molecule has 0 aliphatic rings. The van der Waals surface area contributed by atoms with Crippen LogP contribution in [0.25, 0.3) is 21.7 Å². The molecule has 1 heterocycles. The zero-order valence-electron chi connectivity index (χ0n) is 14.5. The van der Waals surface area contributed by atoms with Crippen LogP contribution in [0.5, 0.6) is 5.75 Å². The van der Waals surface area contributed by atoms with Crippen molar-refractivity contribution >= 4 is 27.6 Å². The minimum absolute atomic E-state index is 0.215. The van der Waals surface area contributed by atoms with Crippen LogP contribution in [-0.4, -0.2) is 24.0 Å². The Morgan fingerprint density at radius 3 is 2.74 bits per heavy atom. The number of pyridine rings is 1. The van der Waals surface area contributed by atoms with Gasteiger partial charge in [-0.25, -0.2) is 4.39 Å². The van der Waals surface area contributed by atoms with E-state index in [4.69, 9.17) is 4.74 Å². The topological polar surface area (TPSA) is 51.2 Å². The van der Waals surface area contributed by atoms with Crippen molar-refractivity contribution in [1.29, 1.82) is 0 Å². The summed E-state index contributed by atoms with van der Waals surface area (Å²) < 4.78 is 18.6. The summed E-state index contributed by atoms with van der Waals surface area (Å²) in [6, 6.07) is 19.5. The molecule has 5 heteroatoms. The van der Waals surface area contributed by atoms with Crippen molar-refractivity contribution in [3.63, 3.8) is 0 Å². The molecule has 0 spiro atoms. The van der Waals surface area contributed by atoms with Gasteiger partial charge in [-0.1, -0.05) is 36.4 Å². The minimum Gasteiger partial charge on any atom is -0.492 e. The van der Waals surface area contributed by atoms with Gasteiger partial charge in [0.15, 0.2) is 0 Å². The van der Waals surface area contributed by atoms with Gasteiger partial charge in [0.25, 0.3) is 5.91 Å². The molecule has 0 aliphatic heterocycles. The van der Waals surface area contributed by atoms with Crippen molar-refractivity contribution in [2.75, 3.05) is 13.2 Å². The van der Waals surface area contributed by atoms with Gasteiger partial charge >= 0.3 is 0 Å². The van der Waals surface area contributed by atoms with Gasteiger partial charge in [-0.15, -0.1) is 0 Å². The second-order valence-electron chi connectivity index (χ2n) is 6.11. The number of carbonyl (C=O) groups is 1. The molecular weight excluding hydrogens is 343 g/mol. The molecule has 4 aromatic rings. The summed E-state index contributed by atoms with van der Waals surface area (Å²) in [6.07, 6.45) is 1.68. The van der Waals surface area contributed by atoms with Crippen LogP contribution in [-0.2, 0) is 0 Å². The number of ether oxygens (including phenoxy) is 1. The Labute approximate surface area is 155 Å². The summed E-state index contributed by atoms with van der Waals surface area (Å²) in [4.78, 5) is 17.1. The summed E-state index contributed by atoms with van der Waals surface area (Å²) in [5.41, 5.74) is 1.19. The van der Waals surface area contributed by atoms with E-state index in [0.29, 0.717) is 23.4 Å². The van der Waals surface area contributed by atoms with E-state index in [9.17, 15) is 9.18 Å². The van der Waals surface area contributed by atoms with Crippen LogP contribution < -0.4 is 10.1 Å². The first-order valence-corrected chi connectivity index (χ1v) is 8.65. The Kier molecular flexibility index (Phi) is 4.66. The number of rotatable bonds is 5. The van der Waals surface area contributed by atoms with Crippen molar-refractivity contribution in [3.05, 3.63) is 84.3 Å². The number of hydrogen-bond acceptors (Lipinski definition) is 3. The Bertz CT molecular complexity index is 1130. The van der Waals surface area contributed by atoms with Crippen LogP contribution in [0, 0.1) is 5.82 Å². The fraction of sp³-hybridized carbons (Fsp3) is 0.0909. The maximum atomic E-state index is 13.1. The van der Waals surface area contributed by atoms with Crippen molar-refractivity contribution in [2.45, 2.75) is 0 Å². The average Bonchev–Trinajstić information content (AvgIpc) is 2.70. The van der Waals surface area contributed by atoms with E-state index in [1.807, 2.05) is 42.5 Å². The molecule has 0 radical (unpaired) electrons. The van der Waals surface area contributed by atoms with E-state index >= 15 is 0 Å². The summed E-state index contributed by atoms with van der Waals surface area (Å²) in [6.45, 7) is 0.546. The van der Waals surface area contributed by atoms with Gasteiger partial charge in [0.2, 0.25) is 0 Å². The molecule has 1 aromatic heterocycles. The smallest absolute Gasteiger partial charge is 0.253 e. The van der Waals surface area contributed by atoms with E-state index in [1.54, 1.807) is 18.3 Å². The minimum atomic E-state index is -0.356. The lowest BCUT2D eigenvalue weighted by Gasteiger charge is -2.11. The number of fused-ring (bicyclic) bond motifs is 3. The van der Waals surface area contributed by atoms with Crippen molar-refractivity contribution < 1.29 is 13.9 Å². The van der Waals surface area contributed by atoms with Gasteiger partial charge in [-0.05, 0) is 35.0 Å². The highest BCUT2D eigenvalue weighted by Gasteiger charge is 2.13. The van der Waals surface area contributed by atoms with E-state index in [0.717, 1.165) is 16.2 Å². The first-order chi connectivity index (χ1) is 13.2. The van der Waals surface area contributed by atoms with Crippen LogP contribution in [0.1, 0.15) is 10.4 Å². The van der Waals surface area contributed by atoms with Crippen molar-refractivity contribution in [2.24, 2.45) is 0 Å². The van der Waals surface area contributed by atoms with Crippen molar-refractivity contribution in [3.8, 4) is 5.75 Å². The van der Waals surface area contributed by atoms with Gasteiger partial charge in [0.1, 0.15) is 18.2 Å². The second kappa shape index (κ2) is 7.41. The molecule has 0 atom stereocenters. The predicted molar refractivity (Wildman–Crippen MR) is 103 cm³/mol. The number of hydrogen-bond donors (Lipinski definition) is 1. The van der Waals surface area contributed by atoms with E-state index in [2.05, 4.69) is 10.3 Å². The molecule has 0 aliphatic carbocycles. The van der Waals surface area contributed by atoms with Gasteiger partial charge in [0, 0.05) is 17.6 Å². The predicted octanol–water partition coefficient (Wildman–Crippen LogP) is 4.34. The van der Waals surface area contributed by atoms with E-state index in [1.165, 1.54) is 12.1 Å². The Hall–Kier alpha value is -3.47. The molecule has 0 bridgehead atoms. The maximum Gasteiger partial charge on any atom is 0.253 e. The zero-order valence-corrected chi connectivity index (χ0v) is 14.5. The lowest BCUT2D eigenvalue weighted by Crippen LogP contribution is -2.28. The number of carbonyl (C=O) groups excluding carboxylic acids is 1. The highest BCUT2D eigenvalue weighted by Crippen LogP contribution is 2.27. The number of benzene rings is 3. The fourth-order valence-electron chi connectivity index (χ4n) is 3.09. The number of nitrogens with zero attached hydrogens (tertiary/aromatic N) is 1. The summed E-state index contributed by atoms with van der Waals surface area (Å²) in [7, 11) is 0. The molecule has 4 rings (SSSR count). The van der Waals surface area contributed by atoms with Crippen molar-refractivity contribution in [1.82, 2.24) is 10.3 Å². The van der Waals surface area contributed by atoms with E-state index < -0.39 is 0 Å². The average molecular weight is 360 g/mol. The van der Waals surface area contributed by atoms with Crippen LogP contribution in [0.2, 0.25) is 0 Å². The lowest BCUT2D eigenvalue weighted by molar-refractivity contribution is 0.0948. The first kappa shape index (κ1) is 17.0. The molecule has 0 saturated carbocycles. The Morgan fingerprint density at radius 2 is 1.85 bits per heavy atom. The third kappa shape index (κ3) is 3.58. The second-order valence-corrected chi connectivity index (χ2v) is 6.11. The molecule has 4 nitrogen and oxygen atoms in total. The molecule has 3 aromatic carbocycles. The number of nitrogens with one attached hydrogen (secondary N) is 1. The van der Waals surface area contributed by atoms with Gasteiger partial charge < -0.3 is 10.1 Å². The van der Waals surface area contributed by atoms with Gasteiger partial charge in [-0.3, -0.25) is 9.78 Å². The molecule has 27 heavy (non-hydrogen) atoms. The Balaban J connectivity index is 1.52. The highest BCUT2D eigenvalue weighted by molar-refractivity contribution is 6.15. The molecule has 1 N–H and O–H groups in total. The molecule has 0 unspecified atom stereocenters. The van der Waals surface area contributed by atoms with Crippen LogP contribution in [0.3, 0.4) is 0 Å². The largest absolute Gasteiger partial charge is 0.492 e. The first-order valence-electron chi connectivity index (χ1n) is 8.65. The molecular formula is C22H17FN2O2. The van der Waals surface area contributed by atoms with Gasteiger partial charge in [-0.2, -0.15) is 0 Å². The van der Waals surface area contributed by atoms with Gasteiger partial charge in [0.05, 0.1) is 17.6 Å².